The molecule has 0 unspecified atom stereocenters. The molecule has 2 aliphatic heterocycles. The van der Waals surface area contributed by atoms with Gasteiger partial charge in [-0.3, -0.25) is 14.5 Å². The van der Waals surface area contributed by atoms with Crippen molar-refractivity contribution in [1.29, 1.82) is 0 Å². The van der Waals surface area contributed by atoms with Crippen molar-refractivity contribution in [2.24, 2.45) is 11.8 Å². The van der Waals surface area contributed by atoms with Gasteiger partial charge in [-0.15, -0.1) is 13.2 Å². The van der Waals surface area contributed by atoms with Crippen LogP contribution < -0.4 is 14.2 Å². The van der Waals surface area contributed by atoms with Crippen LogP contribution in [0.1, 0.15) is 69.6 Å². The molecule has 47 heavy (non-hydrogen) atoms. The van der Waals surface area contributed by atoms with Crippen LogP contribution in [0, 0.1) is 11.8 Å². The Labute approximate surface area is 272 Å². The number of alkyl halides is 3. The van der Waals surface area contributed by atoms with Gasteiger partial charge in [-0.1, -0.05) is 32.0 Å². The number of esters is 1. The number of ether oxygens (including phenoxy) is 3. The van der Waals surface area contributed by atoms with E-state index in [9.17, 15) is 27.9 Å². The van der Waals surface area contributed by atoms with E-state index >= 15 is 0 Å². The number of rotatable bonds is 9. The lowest BCUT2D eigenvalue weighted by atomic mass is 9.48. The first-order valence-electron chi connectivity index (χ1n) is 16.6. The standard InChI is InChI=1S/C36H41F3N2O6/c1-21(2)19-41(30(43)12-9-23-5-4-6-26(17-23)47-36(37,38)39)27-13-14-35(44)29-18-25-10-11-28(45-22(3)42)32-31(25)34(35,33(27)46-32)15-16-40(29)20-24-7-8-24/h4-6,9-12,17,21,24,27,29,33,44H,7-8,13-16,18-20H2,1-3H3/t27-,29+,33-,34-,35+/m0/s1. The van der Waals surface area contributed by atoms with Crippen LogP contribution in [0.25, 0.3) is 6.08 Å². The van der Waals surface area contributed by atoms with Crippen molar-refractivity contribution >= 4 is 18.0 Å². The van der Waals surface area contributed by atoms with Gasteiger partial charge < -0.3 is 24.2 Å². The number of likely N-dealkylation sites (tertiary alicyclic amines) is 1. The number of carbonyl (C=O) groups is 2. The lowest BCUT2D eigenvalue weighted by Crippen LogP contribution is -2.78. The van der Waals surface area contributed by atoms with E-state index in [4.69, 9.17) is 9.47 Å². The van der Waals surface area contributed by atoms with Crippen molar-refractivity contribution in [2.45, 2.75) is 94.9 Å². The van der Waals surface area contributed by atoms with E-state index in [0.29, 0.717) is 55.2 Å². The number of halogens is 3. The third-order valence-electron chi connectivity index (χ3n) is 10.7. The van der Waals surface area contributed by atoms with Gasteiger partial charge in [0.1, 0.15) is 11.9 Å². The normalized spacial score (nSPS) is 29.4. The van der Waals surface area contributed by atoms with Crippen molar-refractivity contribution in [3.63, 3.8) is 0 Å². The largest absolute Gasteiger partial charge is 0.573 e. The summed E-state index contributed by atoms with van der Waals surface area (Å²) >= 11 is 0. The molecule has 0 radical (unpaired) electrons. The SMILES string of the molecule is CC(=O)Oc1ccc2c3c1O[C@H]1[C@@H](N(CC(C)C)C(=O)C=Cc4cccc(OC(F)(F)F)c4)CC[C@@]4(O)[C@@H](C2)N(CC2CC2)CC[C@]314. The molecule has 2 saturated carbocycles. The molecule has 5 aliphatic rings. The summed E-state index contributed by atoms with van der Waals surface area (Å²) in [6.07, 6.45) is 2.18. The molecule has 2 bridgehead atoms. The highest BCUT2D eigenvalue weighted by Gasteiger charge is 2.73. The van der Waals surface area contributed by atoms with Crippen LogP contribution in [0.2, 0.25) is 0 Å². The molecule has 7 rings (SSSR count). The van der Waals surface area contributed by atoms with Crippen LogP contribution in [-0.2, 0) is 21.4 Å². The lowest BCUT2D eigenvalue weighted by Gasteiger charge is -2.65. The van der Waals surface area contributed by atoms with E-state index < -0.39 is 35.5 Å². The predicted molar refractivity (Wildman–Crippen MR) is 167 cm³/mol. The van der Waals surface area contributed by atoms with E-state index in [-0.39, 0.29) is 23.6 Å². The number of benzene rings is 2. The van der Waals surface area contributed by atoms with E-state index in [2.05, 4.69) is 9.64 Å². The zero-order valence-electron chi connectivity index (χ0n) is 26.9. The summed E-state index contributed by atoms with van der Waals surface area (Å²) < 4.78 is 55.0. The van der Waals surface area contributed by atoms with Crippen molar-refractivity contribution in [1.82, 2.24) is 9.80 Å². The van der Waals surface area contributed by atoms with Gasteiger partial charge in [0.15, 0.2) is 11.5 Å². The quantitative estimate of drug-likeness (QED) is 0.213. The fraction of sp³-hybridized carbons (Fsp3) is 0.556. The smallest absolute Gasteiger partial charge is 0.483 e. The maximum atomic E-state index is 14.1. The molecule has 2 heterocycles. The Kier molecular flexibility index (Phi) is 7.86. The molecule has 5 atom stereocenters. The zero-order valence-corrected chi connectivity index (χ0v) is 26.9. The van der Waals surface area contributed by atoms with Crippen LogP contribution >= 0.6 is 0 Å². The first-order chi connectivity index (χ1) is 22.3. The first kappa shape index (κ1) is 32.0. The molecule has 3 aliphatic carbocycles. The second-order valence-corrected chi connectivity index (χ2v) is 14.3. The molecule has 11 heteroatoms. The summed E-state index contributed by atoms with van der Waals surface area (Å²) in [5.74, 6) is 0.431. The van der Waals surface area contributed by atoms with E-state index in [0.717, 1.165) is 24.2 Å². The average molecular weight is 655 g/mol. The number of carbonyl (C=O) groups excluding carboxylic acids is 2. The summed E-state index contributed by atoms with van der Waals surface area (Å²) in [4.78, 5) is 30.5. The molecule has 1 saturated heterocycles. The maximum absolute atomic E-state index is 14.1. The van der Waals surface area contributed by atoms with Gasteiger partial charge in [-0.25, -0.2) is 0 Å². The molecule has 1 N–H and O–H groups in total. The van der Waals surface area contributed by atoms with Crippen LogP contribution in [-0.4, -0.2) is 76.6 Å². The fourth-order valence-corrected chi connectivity index (χ4v) is 8.86. The number of hydrogen-bond donors (Lipinski definition) is 1. The Balaban J connectivity index is 1.26. The molecule has 8 nitrogen and oxygen atoms in total. The lowest BCUT2D eigenvalue weighted by molar-refractivity contribution is -0.274. The zero-order chi connectivity index (χ0) is 33.3. The average Bonchev–Trinajstić information content (AvgIpc) is 3.73. The maximum Gasteiger partial charge on any atom is 0.573 e. The minimum Gasteiger partial charge on any atom is -0.483 e. The van der Waals surface area contributed by atoms with Gasteiger partial charge >= 0.3 is 12.3 Å². The van der Waals surface area contributed by atoms with Gasteiger partial charge in [0.25, 0.3) is 0 Å². The third-order valence-corrected chi connectivity index (χ3v) is 10.7. The topological polar surface area (TPSA) is 88.5 Å². The molecule has 0 aromatic heterocycles. The second kappa shape index (κ2) is 11.5. The van der Waals surface area contributed by atoms with E-state index in [1.165, 1.54) is 50.1 Å². The highest BCUT2D eigenvalue weighted by Crippen LogP contribution is 2.66. The van der Waals surface area contributed by atoms with Crippen molar-refractivity contribution in [3.05, 3.63) is 59.2 Å². The van der Waals surface area contributed by atoms with Crippen molar-refractivity contribution < 1.29 is 42.1 Å². The predicted octanol–water partition coefficient (Wildman–Crippen LogP) is 5.64. The summed E-state index contributed by atoms with van der Waals surface area (Å²) in [7, 11) is 0. The molecular weight excluding hydrogens is 613 g/mol. The van der Waals surface area contributed by atoms with Gasteiger partial charge in [-0.2, -0.15) is 0 Å². The number of piperidine rings is 1. The van der Waals surface area contributed by atoms with Gasteiger partial charge in [0.05, 0.1) is 17.1 Å². The van der Waals surface area contributed by atoms with E-state index in [1.54, 1.807) is 17.0 Å². The molecule has 252 valence electrons. The third kappa shape index (κ3) is 5.59. The fourth-order valence-electron chi connectivity index (χ4n) is 8.86. The second-order valence-electron chi connectivity index (χ2n) is 14.3. The highest BCUT2D eigenvalue weighted by atomic mass is 19.4. The summed E-state index contributed by atoms with van der Waals surface area (Å²) in [5, 5.41) is 12.9. The number of amides is 1. The Morgan fingerprint density at radius 2 is 1.96 bits per heavy atom. The van der Waals surface area contributed by atoms with E-state index in [1.807, 2.05) is 19.9 Å². The van der Waals surface area contributed by atoms with Gasteiger partial charge in [-0.05, 0) is 92.3 Å². The van der Waals surface area contributed by atoms with Gasteiger partial charge in [0.2, 0.25) is 5.91 Å². The molecule has 1 spiro atoms. The molecule has 2 aromatic rings. The van der Waals surface area contributed by atoms with Crippen molar-refractivity contribution in [2.75, 3.05) is 19.6 Å². The summed E-state index contributed by atoms with van der Waals surface area (Å²) in [5.41, 5.74) is 0.471. The number of hydrogen-bond acceptors (Lipinski definition) is 7. The van der Waals surface area contributed by atoms with Crippen LogP contribution in [0.4, 0.5) is 13.2 Å². The Bertz CT molecular complexity index is 1610. The molecule has 2 aromatic carbocycles. The summed E-state index contributed by atoms with van der Waals surface area (Å²) in [6.45, 7) is 7.56. The monoisotopic (exact) mass is 654 g/mol. The van der Waals surface area contributed by atoms with Crippen molar-refractivity contribution in [3.8, 4) is 17.2 Å². The van der Waals surface area contributed by atoms with Gasteiger partial charge in [0, 0.05) is 37.7 Å². The minimum absolute atomic E-state index is 0.0951. The van der Waals surface area contributed by atoms with Crippen LogP contribution in [0.3, 0.4) is 0 Å². The van der Waals surface area contributed by atoms with Crippen LogP contribution in [0.5, 0.6) is 17.2 Å². The molecule has 3 fully saturated rings. The minimum atomic E-state index is -4.82. The Hall–Kier alpha value is -3.57. The Morgan fingerprint density at radius 3 is 2.66 bits per heavy atom. The number of aliphatic hydroxyl groups is 1. The summed E-state index contributed by atoms with van der Waals surface area (Å²) in [6, 6.07) is 8.76. The van der Waals surface area contributed by atoms with Crippen LogP contribution in [0.15, 0.2) is 42.5 Å². The number of nitrogens with zero attached hydrogens (tertiary/aromatic N) is 2. The molecule has 1 amide bonds. The first-order valence-corrected chi connectivity index (χ1v) is 16.6. The highest BCUT2D eigenvalue weighted by molar-refractivity contribution is 5.92. The molecular formula is C36H41F3N2O6. The Morgan fingerprint density at radius 1 is 1.17 bits per heavy atom.